The van der Waals surface area contributed by atoms with Crippen LogP contribution in [0.3, 0.4) is 0 Å². The van der Waals surface area contributed by atoms with Crippen LogP contribution in [0.15, 0.2) is 11.6 Å². The van der Waals surface area contributed by atoms with Gasteiger partial charge in [0, 0.05) is 5.33 Å². The summed E-state index contributed by atoms with van der Waals surface area (Å²) in [5, 5.41) is 0.907. The van der Waals surface area contributed by atoms with Crippen LogP contribution in [0.5, 0.6) is 0 Å². The third-order valence-corrected chi connectivity index (χ3v) is 1.75. The molecule has 0 heterocycles. The fraction of sp³-hybridized carbons (Fsp3) is 0.600. The molecule has 0 rings (SSSR count). The number of alkyl halides is 1. The molecule has 48 valence electrons. The first kappa shape index (κ1) is 8.53. The minimum absolute atomic E-state index is 0.584. The molecule has 0 aliphatic carbocycles. The van der Waals surface area contributed by atoms with Gasteiger partial charge in [0.2, 0.25) is 0 Å². The summed E-state index contributed by atoms with van der Waals surface area (Å²) in [6.07, 6.45) is 1.97. The molecule has 0 radical (unpaired) electrons. The van der Waals surface area contributed by atoms with Crippen molar-refractivity contribution in [3.05, 3.63) is 11.6 Å². The molecule has 1 nitrogen and oxygen atoms in total. The van der Waals surface area contributed by atoms with Gasteiger partial charge in [-0.2, -0.15) is 0 Å². The van der Waals surface area contributed by atoms with Gasteiger partial charge in [-0.15, -0.1) is 0 Å². The van der Waals surface area contributed by atoms with E-state index in [9.17, 15) is 0 Å². The lowest BCUT2D eigenvalue weighted by Gasteiger charge is -1.90. The Balaban J connectivity index is 3.26. The normalized spacial score (nSPS) is 12.1. The average Bonchev–Trinajstić information content (AvgIpc) is 1.83. The third-order valence-electron chi connectivity index (χ3n) is 0.717. The van der Waals surface area contributed by atoms with E-state index in [1.807, 2.05) is 13.0 Å². The van der Waals surface area contributed by atoms with Crippen molar-refractivity contribution < 1.29 is 4.18 Å². The van der Waals surface area contributed by atoms with E-state index in [1.165, 1.54) is 5.57 Å². The number of thiol groups is 1. The van der Waals surface area contributed by atoms with Crippen LogP contribution in [0.25, 0.3) is 0 Å². The van der Waals surface area contributed by atoms with Crippen molar-refractivity contribution in [1.29, 1.82) is 0 Å². The Morgan fingerprint density at radius 1 is 1.88 bits per heavy atom. The molecule has 0 fully saturated rings. The van der Waals surface area contributed by atoms with Crippen LogP contribution >= 0.6 is 28.8 Å². The molecular formula is C5H9BrOS. The van der Waals surface area contributed by atoms with Gasteiger partial charge in [0.05, 0.1) is 6.61 Å². The van der Waals surface area contributed by atoms with Gasteiger partial charge in [-0.1, -0.05) is 27.6 Å². The van der Waals surface area contributed by atoms with Crippen LogP contribution in [0.2, 0.25) is 0 Å². The van der Waals surface area contributed by atoms with E-state index in [-0.39, 0.29) is 0 Å². The second kappa shape index (κ2) is 5.66. The molecule has 3 heteroatoms. The lowest BCUT2D eigenvalue weighted by atomic mass is 10.3. The van der Waals surface area contributed by atoms with E-state index in [2.05, 4.69) is 33.0 Å². The maximum Gasteiger partial charge on any atom is 0.0794 e. The predicted octanol–water partition coefficient (Wildman–Crippen LogP) is 2.19. The highest BCUT2D eigenvalue weighted by molar-refractivity contribution is 9.09. The van der Waals surface area contributed by atoms with Crippen molar-refractivity contribution in [3.63, 3.8) is 0 Å². The molecule has 0 unspecified atom stereocenters. The molecule has 0 saturated carbocycles. The highest BCUT2D eigenvalue weighted by Gasteiger charge is 1.81. The molecule has 0 aliphatic heterocycles. The summed E-state index contributed by atoms with van der Waals surface area (Å²) < 4.78 is 4.51. The van der Waals surface area contributed by atoms with E-state index in [0.29, 0.717) is 6.61 Å². The number of halogens is 1. The van der Waals surface area contributed by atoms with E-state index >= 15 is 0 Å². The number of hydrogen-bond acceptors (Lipinski definition) is 2. The maximum atomic E-state index is 4.51. The molecule has 0 aromatic rings. The van der Waals surface area contributed by atoms with E-state index in [4.69, 9.17) is 0 Å². The van der Waals surface area contributed by atoms with Crippen LogP contribution in [-0.2, 0) is 4.18 Å². The van der Waals surface area contributed by atoms with Crippen molar-refractivity contribution in [1.82, 2.24) is 0 Å². The maximum absolute atomic E-state index is 4.51. The molecule has 0 saturated heterocycles. The van der Waals surface area contributed by atoms with Gasteiger partial charge in [-0.3, -0.25) is 0 Å². The zero-order valence-corrected chi connectivity index (χ0v) is 7.21. The van der Waals surface area contributed by atoms with Gasteiger partial charge in [0.1, 0.15) is 0 Å². The molecule has 0 bridgehead atoms. The standard InChI is InChI=1S/C5H9BrOS/c1-5(4-6)2-3-7-8/h2,8H,3-4H2,1H3/b5-2+. The fourth-order valence-corrected chi connectivity index (χ4v) is 0.538. The smallest absolute Gasteiger partial charge is 0.0794 e. The van der Waals surface area contributed by atoms with Crippen molar-refractivity contribution >= 4 is 28.8 Å². The van der Waals surface area contributed by atoms with Gasteiger partial charge >= 0.3 is 0 Å². The van der Waals surface area contributed by atoms with Gasteiger partial charge in [0.25, 0.3) is 0 Å². The summed E-state index contributed by atoms with van der Waals surface area (Å²) in [6.45, 7) is 2.61. The fourth-order valence-electron chi connectivity index (χ4n) is 0.234. The van der Waals surface area contributed by atoms with Crippen molar-refractivity contribution in [2.24, 2.45) is 0 Å². The highest BCUT2D eigenvalue weighted by atomic mass is 79.9. The Morgan fingerprint density at radius 3 is 2.88 bits per heavy atom. The summed E-state index contributed by atoms with van der Waals surface area (Å²) in [4.78, 5) is 0. The van der Waals surface area contributed by atoms with Crippen LogP contribution in [0, 0.1) is 0 Å². The molecule has 0 N–H and O–H groups in total. The minimum atomic E-state index is 0.584. The first-order valence-electron chi connectivity index (χ1n) is 2.29. The summed E-state index contributed by atoms with van der Waals surface area (Å²) in [6, 6.07) is 0. The highest BCUT2D eigenvalue weighted by Crippen LogP contribution is 1.96. The Kier molecular flexibility index (Phi) is 6.04. The molecule has 0 aromatic heterocycles. The summed E-state index contributed by atoms with van der Waals surface area (Å²) in [5.41, 5.74) is 1.26. The third kappa shape index (κ3) is 4.68. The lowest BCUT2D eigenvalue weighted by Crippen LogP contribution is -1.81. The summed E-state index contributed by atoms with van der Waals surface area (Å²) in [5.74, 6) is 0. The van der Waals surface area contributed by atoms with E-state index in [0.717, 1.165) is 5.33 Å². The number of rotatable bonds is 3. The first-order valence-corrected chi connectivity index (χ1v) is 3.78. The Labute approximate surface area is 63.9 Å². The van der Waals surface area contributed by atoms with Crippen molar-refractivity contribution in [2.45, 2.75) is 6.92 Å². The largest absolute Gasteiger partial charge is 0.314 e. The zero-order valence-electron chi connectivity index (χ0n) is 4.72. The number of hydrogen-bond donors (Lipinski definition) is 1. The zero-order chi connectivity index (χ0) is 6.41. The quantitative estimate of drug-likeness (QED) is 0.316. The van der Waals surface area contributed by atoms with E-state index in [1.54, 1.807) is 0 Å². The van der Waals surface area contributed by atoms with Crippen LogP contribution in [0.1, 0.15) is 6.92 Å². The van der Waals surface area contributed by atoms with Gasteiger partial charge < -0.3 is 4.18 Å². The topological polar surface area (TPSA) is 9.23 Å². The van der Waals surface area contributed by atoms with Gasteiger partial charge in [0.15, 0.2) is 0 Å². The average molecular weight is 197 g/mol. The molecule has 0 spiro atoms. The first-order chi connectivity index (χ1) is 3.81. The van der Waals surface area contributed by atoms with Crippen LogP contribution in [0.4, 0.5) is 0 Å². The molecule has 0 atom stereocenters. The Hall–Kier alpha value is 0.530. The lowest BCUT2D eigenvalue weighted by molar-refractivity contribution is 0.437. The molecular weight excluding hydrogens is 188 g/mol. The SMILES string of the molecule is C/C(=C\COS)CBr. The van der Waals surface area contributed by atoms with Gasteiger partial charge in [-0.25, -0.2) is 0 Å². The Bertz CT molecular complexity index is 82.5. The van der Waals surface area contributed by atoms with Crippen LogP contribution < -0.4 is 0 Å². The monoisotopic (exact) mass is 196 g/mol. The van der Waals surface area contributed by atoms with Crippen molar-refractivity contribution in [3.8, 4) is 0 Å². The molecule has 0 aliphatic rings. The summed E-state index contributed by atoms with van der Waals surface area (Å²) in [7, 11) is 0. The second-order valence-electron chi connectivity index (χ2n) is 1.48. The van der Waals surface area contributed by atoms with Crippen LogP contribution in [-0.4, -0.2) is 11.9 Å². The molecule has 0 amide bonds. The number of allylic oxidation sites excluding steroid dienone is 1. The van der Waals surface area contributed by atoms with E-state index < -0.39 is 0 Å². The molecule has 8 heavy (non-hydrogen) atoms. The Morgan fingerprint density at radius 2 is 2.50 bits per heavy atom. The molecule has 0 aromatic carbocycles. The second-order valence-corrected chi connectivity index (χ2v) is 2.30. The summed E-state index contributed by atoms with van der Waals surface area (Å²) >= 11 is 6.87. The predicted molar refractivity (Wildman–Crippen MR) is 42.5 cm³/mol. The van der Waals surface area contributed by atoms with Crippen molar-refractivity contribution in [2.75, 3.05) is 11.9 Å². The van der Waals surface area contributed by atoms with Gasteiger partial charge in [-0.05, 0) is 19.8 Å². The minimum Gasteiger partial charge on any atom is -0.314 e.